The molecule has 0 fully saturated rings. The molecule has 0 aliphatic carbocycles. The summed E-state index contributed by atoms with van der Waals surface area (Å²) in [5, 5.41) is 2.79. The van der Waals surface area contributed by atoms with Crippen LogP contribution in [0.5, 0.6) is 5.75 Å². The Morgan fingerprint density at radius 3 is 2.58 bits per heavy atom. The maximum atomic E-state index is 12.0. The van der Waals surface area contributed by atoms with Crippen LogP contribution in [-0.4, -0.2) is 24.0 Å². The number of nitrogens with one attached hydrogen (secondary N) is 1. The lowest BCUT2D eigenvalue weighted by molar-refractivity contribution is -0.127. The van der Waals surface area contributed by atoms with Gasteiger partial charge in [-0.3, -0.25) is 4.79 Å². The molecule has 0 bridgehead atoms. The van der Waals surface area contributed by atoms with Crippen LogP contribution >= 0.6 is 12.2 Å². The molecule has 1 unspecified atom stereocenters. The van der Waals surface area contributed by atoms with E-state index in [0.717, 1.165) is 5.75 Å². The minimum atomic E-state index is -0.790. The van der Waals surface area contributed by atoms with Gasteiger partial charge in [0, 0.05) is 0 Å². The predicted octanol–water partition coefficient (Wildman–Crippen LogP) is 1.88. The third kappa shape index (κ3) is 4.21. The van der Waals surface area contributed by atoms with Crippen molar-refractivity contribution >= 4 is 23.1 Å². The summed E-state index contributed by atoms with van der Waals surface area (Å²) in [4.78, 5) is 12.2. The number of amides is 1. The van der Waals surface area contributed by atoms with Crippen LogP contribution in [0.2, 0.25) is 0 Å². The summed E-state index contributed by atoms with van der Waals surface area (Å²) in [5.41, 5.74) is 4.83. The Morgan fingerprint density at radius 1 is 1.42 bits per heavy atom. The average Bonchev–Trinajstić information content (AvgIpc) is 2.43. The molecule has 0 aliphatic heterocycles. The van der Waals surface area contributed by atoms with E-state index in [0.29, 0.717) is 19.6 Å². The molecular weight excluding hydrogens is 260 g/mol. The van der Waals surface area contributed by atoms with E-state index in [1.807, 2.05) is 37.3 Å². The van der Waals surface area contributed by atoms with E-state index in [9.17, 15) is 4.79 Å². The Hall–Kier alpha value is -1.62. The Bertz CT molecular complexity index is 436. The lowest BCUT2D eigenvalue weighted by Crippen LogP contribution is -2.47. The molecule has 1 amide bonds. The molecule has 1 aromatic rings. The van der Waals surface area contributed by atoms with Gasteiger partial charge in [-0.1, -0.05) is 37.3 Å². The van der Waals surface area contributed by atoms with Gasteiger partial charge in [0.1, 0.15) is 12.4 Å². The van der Waals surface area contributed by atoms with Crippen LogP contribution in [0.4, 0.5) is 0 Å². The third-order valence-corrected chi connectivity index (χ3v) is 3.60. The Labute approximate surface area is 119 Å². The van der Waals surface area contributed by atoms with Crippen molar-refractivity contribution in [2.45, 2.75) is 20.3 Å². The molecule has 19 heavy (non-hydrogen) atoms. The summed E-state index contributed by atoms with van der Waals surface area (Å²) in [6.07, 6.45) is 0.577. The van der Waals surface area contributed by atoms with Gasteiger partial charge in [-0.2, -0.15) is 0 Å². The van der Waals surface area contributed by atoms with Gasteiger partial charge in [0.05, 0.1) is 16.9 Å². The summed E-state index contributed by atoms with van der Waals surface area (Å²) >= 11 is 4.95. The fourth-order valence-corrected chi connectivity index (χ4v) is 1.73. The second-order valence-electron chi connectivity index (χ2n) is 4.47. The van der Waals surface area contributed by atoms with Crippen molar-refractivity contribution in [3.05, 3.63) is 30.3 Å². The first-order chi connectivity index (χ1) is 9.00. The second kappa shape index (κ2) is 7.09. The standard InChI is InChI=1S/C14H20N2O2S/c1-3-14(2,12(15)19)13(17)16-9-10-18-11-7-5-4-6-8-11/h4-8H,3,9-10H2,1-2H3,(H2,15,19)(H,16,17). The number of ether oxygens (including phenoxy) is 1. The molecule has 104 valence electrons. The molecule has 0 heterocycles. The van der Waals surface area contributed by atoms with Gasteiger partial charge in [-0.25, -0.2) is 0 Å². The molecule has 4 nitrogen and oxygen atoms in total. The summed E-state index contributed by atoms with van der Waals surface area (Å²) in [6.45, 7) is 4.47. The zero-order valence-corrected chi connectivity index (χ0v) is 12.1. The van der Waals surface area contributed by atoms with E-state index in [4.69, 9.17) is 22.7 Å². The zero-order chi connectivity index (χ0) is 14.3. The van der Waals surface area contributed by atoms with Crippen LogP contribution in [0.1, 0.15) is 20.3 Å². The van der Waals surface area contributed by atoms with Crippen LogP contribution in [0, 0.1) is 5.41 Å². The topological polar surface area (TPSA) is 64.3 Å². The summed E-state index contributed by atoms with van der Waals surface area (Å²) in [7, 11) is 0. The van der Waals surface area contributed by atoms with Gasteiger partial charge in [0.2, 0.25) is 5.91 Å². The fourth-order valence-electron chi connectivity index (χ4n) is 1.49. The molecule has 0 saturated carbocycles. The number of carbonyl (C=O) groups is 1. The second-order valence-corrected chi connectivity index (χ2v) is 4.91. The number of hydrogen-bond acceptors (Lipinski definition) is 3. The number of rotatable bonds is 7. The summed E-state index contributed by atoms with van der Waals surface area (Å²) < 4.78 is 5.48. The number of para-hydroxylation sites is 1. The van der Waals surface area contributed by atoms with Gasteiger partial charge >= 0.3 is 0 Å². The lowest BCUT2D eigenvalue weighted by Gasteiger charge is -2.25. The smallest absolute Gasteiger partial charge is 0.232 e. The van der Waals surface area contributed by atoms with Crippen LogP contribution in [0.15, 0.2) is 30.3 Å². The van der Waals surface area contributed by atoms with Crippen molar-refractivity contribution in [3.63, 3.8) is 0 Å². The molecule has 0 radical (unpaired) electrons. The van der Waals surface area contributed by atoms with Crippen molar-refractivity contribution in [2.24, 2.45) is 11.1 Å². The van der Waals surface area contributed by atoms with Crippen LogP contribution in [-0.2, 0) is 4.79 Å². The molecule has 0 spiro atoms. The first-order valence-electron chi connectivity index (χ1n) is 6.26. The number of carbonyl (C=O) groups excluding carboxylic acids is 1. The van der Waals surface area contributed by atoms with Crippen LogP contribution in [0.25, 0.3) is 0 Å². The van der Waals surface area contributed by atoms with E-state index in [-0.39, 0.29) is 10.9 Å². The van der Waals surface area contributed by atoms with Crippen molar-refractivity contribution < 1.29 is 9.53 Å². The zero-order valence-electron chi connectivity index (χ0n) is 11.3. The van der Waals surface area contributed by atoms with Crippen LogP contribution < -0.4 is 15.8 Å². The van der Waals surface area contributed by atoms with E-state index < -0.39 is 5.41 Å². The molecule has 5 heteroatoms. The maximum Gasteiger partial charge on any atom is 0.232 e. The molecule has 1 rings (SSSR count). The number of nitrogens with two attached hydrogens (primary N) is 1. The number of hydrogen-bond donors (Lipinski definition) is 2. The Kier molecular flexibility index (Phi) is 5.76. The highest BCUT2D eigenvalue weighted by Gasteiger charge is 2.34. The Morgan fingerprint density at radius 2 is 2.05 bits per heavy atom. The van der Waals surface area contributed by atoms with Crippen LogP contribution in [0.3, 0.4) is 0 Å². The van der Waals surface area contributed by atoms with Gasteiger partial charge in [0.15, 0.2) is 0 Å². The summed E-state index contributed by atoms with van der Waals surface area (Å²) in [6, 6.07) is 9.45. The average molecular weight is 280 g/mol. The highest BCUT2D eigenvalue weighted by atomic mass is 32.1. The van der Waals surface area contributed by atoms with E-state index in [2.05, 4.69) is 5.32 Å². The third-order valence-electron chi connectivity index (χ3n) is 3.15. The first-order valence-corrected chi connectivity index (χ1v) is 6.67. The monoisotopic (exact) mass is 280 g/mol. The first kappa shape index (κ1) is 15.4. The number of thiocarbonyl (C=S) groups is 1. The van der Waals surface area contributed by atoms with E-state index in [1.165, 1.54) is 0 Å². The van der Waals surface area contributed by atoms with E-state index >= 15 is 0 Å². The molecule has 1 aromatic carbocycles. The van der Waals surface area contributed by atoms with Crippen molar-refractivity contribution in [1.82, 2.24) is 5.32 Å². The maximum absolute atomic E-state index is 12.0. The molecule has 1 atom stereocenters. The van der Waals surface area contributed by atoms with E-state index in [1.54, 1.807) is 6.92 Å². The van der Waals surface area contributed by atoms with Gasteiger partial charge < -0.3 is 15.8 Å². The van der Waals surface area contributed by atoms with Gasteiger partial charge in [-0.15, -0.1) is 0 Å². The van der Waals surface area contributed by atoms with Gasteiger partial charge in [-0.05, 0) is 25.5 Å². The number of benzene rings is 1. The fraction of sp³-hybridized carbons (Fsp3) is 0.429. The molecule has 0 aliphatic rings. The normalized spacial score (nSPS) is 13.4. The quantitative estimate of drug-likeness (QED) is 0.591. The predicted molar refractivity (Wildman–Crippen MR) is 80.1 cm³/mol. The minimum Gasteiger partial charge on any atom is -0.492 e. The lowest BCUT2D eigenvalue weighted by atomic mass is 9.86. The highest BCUT2D eigenvalue weighted by Crippen LogP contribution is 2.21. The van der Waals surface area contributed by atoms with Crippen molar-refractivity contribution in [2.75, 3.05) is 13.2 Å². The Balaban J connectivity index is 2.37. The van der Waals surface area contributed by atoms with Gasteiger partial charge in [0.25, 0.3) is 0 Å². The largest absolute Gasteiger partial charge is 0.492 e. The molecule has 0 saturated heterocycles. The highest BCUT2D eigenvalue weighted by molar-refractivity contribution is 7.80. The summed E-state index contributed by atoms with van der Waals surface area (Å²) in [5.74, 6) is 0.628. The molecule has 3 N–H and O–H groups in total. The minimum absolute atomic E-state index is 0.154. The molecule has 0 aromatic heterocycles. The SMILES string of the molecule is CCC(C)(C(=O)NCCOc1ccccc1)C(N)=S. The molecular formula is C14H20N2O2S. The van der Waals surface area contributed by atoms with Crippen molar-refractivity contribution in [3.8, 4) is 5.75 Å². The van der Waals surface area contributed by atoms with Crippen molar-refractivity contribution in [1.29, 1.82) is 0 Å².